The van der Waals surface area contributed by atoms with Crippen LogP contribution in [-0.4, -0.2) is 37.3 Å². The molecule has 0 unspecified atom stereocenters. The summed E-state index contributed by atoms with van der Waals surface area (Å²) in [4.78, 5) is 23.7. The fourth-order valence-electron chi connectivity index (χ4n) is 1.50. The van der Waals surface area contributed by atoms with Crippen molar-refractivity contribution in [3.63, 3.8) is 0 Å². The van der Waals surface area contributed by atoms with E-state index < -0.39 is 11.7 Å². The van der Waals surface area contributed by atoms with Gasteiger partial charge in [-0.1, -0.05) is 12.1 Å². The van der Waals surface area contributed by atoms with E-state index in [2.05, 4.69) is 0 Å². The van der Waals surface area contributed by atoms with Crippen molar-refractivity contribution in [1.82, 2.24) is 4.90 Å². The predicted octanol–water partition coefficient (Wildman–Crippen LogP) is 1.29. The molecule has 1 amide bonds. The van der Waals surface area contributed by atoms with Crippen LogP contribution in [0.15, 0.2) is 24.3 Å². The summed E-state index contributed by atoms with van der Waals surface area (Å²) in [5.74, 6) is -0.0888. The van der Waals surface area contributed by atoms with E-state index in [1.54, 1.807) is 14.2 Å². The molecule has 1 aromatic carbocycles. The first-order chi connectivity index (χ1) is 8.04. The first-order valence-corrected chi connectivity index (χ1v) is 5.43. The number of ketones is 1. The highest BCUT2D eigenvalue weighted by Gasteiger charge is 2.13. The minimum absolute atomic E-state index is 0.432. The Bertz CT molecular complexity index is 415. The first kappa shape index (κ1) is 13.2. The Morgan fingerprint density at radius 3 is 2.65 bits per heavy atom. The van der Waals surface area contributed by atoms with Gasteiger partial charge in [0.1, 0.15) is 5.75 Å². The maximum absolute atomic E-state index is 11.3. The zero-order valence-corrected chi connectivity index (χ0v) is 10.4. The topological polar surface area (TPSA) is 46.6 Å². The zero-order chi connectivity index (χ0) is 12.8. The average molecular weight is 235 g/mol. The van der Waals surface area contributed by atoms with Gasteiger partial charge in [0.15, 0.2) is 0 Å². The van der Waals surface area contributed by atoms with Gasteiger partial charge in [-0.2, -0.15) is 0 Å². The first-order valence-electron chi connectivity index (χ1n) is 5.43. The maximum atomic E-state index is 11.3. The predicted molar refractivity (Wildman–Crippen MR) is 65.0 cm³/mol. The monoisotopic (exact) mass is 235 g/mol. The number of likely N-dealkylation sites (N-methyl/N-ethyl adjacent to an activating group) is 1. The minimum atomic E-state index is -0.451. The molecule has 0 heterocycles. The number of methoxy groups -OCH3 is 1. The van der Waals surface area contributed by atoms with Gasteiger partial charge in [0.2, 0.25) is 5.78 Å². The Hall–Kier alpha value is -1.84. The highest BCUT2D eigenvalue weighted by molar-refractivity contribution is 6.34. The average Bonchev–Trinajstić information content (AvgIpc) is 2.35. The number of hydrogen-bond acceptors (Lipinski definition) is 3. The Morgan fingerprint density at radius 1 is 1.35 bits per heavy atom. The van der Waals surface area contributed by atoms with E-state index in [-0.39, 0.29) is 0 Å². The largest absolute Gasteiger partial charge is 0.497 e. The van der Waals surface area contributed by atoms with Gasteiger partial charge in [0, 0.05) is 20.5 Å². The van der Waals surface area contributed by atoms with Crippen LogP contribution in [0.4, 0.5) is 0 Å². The third-order valence-corrected chi connectivity index (χ3v) is 2.52. The summed E-state index contributed by atoms with van der Waals surface area (Å²) in [5, 5.41) is 0. The summed E-state index contributed by atoms with van der Waals surface area (Å²) in [6.45, 7) is 1.80. The number of carbonyl (C=O) groups is 2. The molecule has 0 N–H and O–H groups in total. The lowest BCUT2D eigenvalue weighted by Gasteiger charge is -2.15. The molecule has 0 atom stereocenters. The third kappa shape index (κ3) is 3.90. The molecule has 17 heavy (non-hydrogen) atoms. The molecule has 0 spiro atoms. The summed E-state index contributed by atoms with van der Waals surface area (Å²) in [6, 6.07) is 7.66. The number of nitrogens with zero attached hydrogens (tertiary/aromatic N) is 1. The Balaban J connectivity index is 2.55. The molecule has 0 aliphatic carbocycles. The molecule has 4 heteroatoms. The second-order valence-corrected chi connectivity index (χ2v) is 3.88. The highest BCUT2D eigenvalue weighted by atomic mass is 16.5. The molecular weight excluding hydrogens is 218 g/mol. The van der Waals surface area contributed by atoms with Crippen molar-refractivity contribution in [2.24, 2.45) is 0 Å². The van der Waals surface area contributed by atoms with E-state index in [9.17, 15) is 9.59 Å². The molecule has 0 bridgehead atoms. The number of ether oxygens (including phenoxy) is 1. The van der Waals surface area contributed by atoms with E-state index in [4.69, 9.17) is 4.74 Å². The van der Waals surface area contributed by atoms with Crippen LogP contribution >= 0.6 is 0 Å². The van der Waals surface area contributed by atoms with E-state index >= 15 is 0 Å². The number of carbonyl (C=O) groups excluding carboxylic acids is 2. The molecule has 0 aliphatic rings. The third-order valence-electron chi connectivity index (χ3n) is 2.52. The normalized spacial score (nSPS) is 9.82. The van der Waals surface area contributed by atoms with Crippen LogP contribution in [0.3, 0.4) is 0 Å². The maximum Gasteiger partial charge on any atom is 0.289 e. The van der Waals surface area contributed by atoms with Crippen LogP contribution in [0.2, 0.25) is 0 Å². The quantitative estimate of drug-likeness (QED) is 0.722. The fourth-order valence-corrected chi connectivity index (χ4v) is 1.50. The Kier molecular flexibility index (Phi) is 4.69. The smallest absolute Gasteiger partial charge is 0.289 e. The molecule has 0 saturated heterocycles. The van der Waals surface area contributed by atoms with E-state index in [1.165, 1.54) is 11.8 Å². The van der Waals surface area contributed by atoms with Gasteiger partial charge in [0.25, 0.3) is 5.91 Å². The van der Waals surface area contributed by atoms with Gasteiger partial charge in [-0.25, -0.2) is 0 Å². The lowest BCUT2D eigenvalue weighted by molar-refractivity contribution is -0.142. The van der Waals surface area contributed by atoms with Crippen LogP contribution in [0.1, 0.15) is 12.5 Å². The minimum Gasteiger partial charge on any atom is -0.497 e. The molecule has 0 saturated carbocycles. The van der Waals surface area contributed by atoms with Crippen molar-refractivity contribution < 1.29 is 14.3 Å². The molecule has 0 fully saturated rings. The van der Waals surface area contributed by atoms with Crippen molar-refractivity contribution in [2.75, 3.05) is 20.7 Å². The second-order valence-electron chi connectivity index (χ2n) is 3.88. The van der Waals surface area contributed by atoms with Crippen LogP contribution in [-0.2, 0) is 16.0 Å². The number of amides is 1. The molecular formula is C13H17NO3. The molecule has 4 nitrogen and oxygen atoms in total. The van der Waals surface area contributed by atoms with Crippen LogP contribution in [0.25, 0.3) is 0 Å². The van der Waals surface area contributed by atoms with Gasteiger partial charge < -0.3 is 9.64 Å². The Labute approximate surface area is 101 Å². The number of benzene rings is 1. The summed E-state index contributed by atoms with van der Waals surface area (Å²) in [7, 11) is 3.24. The highest BCUT2D eigenvalue weighted by Crippen LogP contribution is 2.13. The summed E-state index contributed by atoms with van der Waals surface area (Å²) in [6.07, 6.45) is 0.701. The van der Waals surface area contributed by atoms with Crippen LogP contribution in [0.5, 0.6) is 5.75 Å². The lowest BCUT2D eigenvalue weighted by atomic mass is 10.1. The zero-order valence-electron chi connectivity index (χ0n) is 10.4. The van der Waals surface area contributed by atoms with Gasteiger partial charge in [-0.3, -0.25) is 9.59 Å². The van der Waals surface area contributed by atoms with E-state index in [1.807, 2.05) is 24.3 Å². The molecule has 0 aromatic heterocycles. The summed E-state index contributed by atoms with van der Waals surface area (Å²) in [5.41, 5.74) is 1.08. The SMILES string of the molecule is COc1cccc(CCN(C)C(=O)C(C)=O)c1. The Morgan fingerprint density at radius 2 is 2.06 bits per heavy atom. The molecule has 0 aliphatic heterocycles. The second kappa shape index (κ2) is 6.03. The van der Waals surface area contributed by atoms with E-state index in [0.717, 1.165) is 11.3 Å². The number of Topliss-reactive ketones (excluding diaryl/α,β-unsaturated/α-hetero) is 1. The van der Waals surface area contributed by atoms with Crippen molar-refractivity contribution in [3.05, 3.63) is 29.8 Å². The van der Waals surface area contributed by atoms with Gasteiger partial charge in [-0.15, -0.1) is 0 Å². The number of rotatable bonds is 5. The van der Waals surface area contributed by atoms with Crippen molar-refractivity contribution in [1.29, 1.82) is 0 Å². The van der Waals surface area contributed by atoms with Crippen molar-refractivity contribution in [3.8, 4) is 5.75 Å². The summed E-state index contributed by atoms with van der Waals surface area (Å²) >= 11 is 0. The van der Waals surface area contributed by atoms with Crippen LogP contribution in [0, 0.1) is 0 Å². The van der Waals surface area contributed by atoms with Crippen molar-refractivity contribution in [2.45, 2.75) is 13.3 Å². The summed E-state index contributed by atoms with van der Waals surface area (Å²) < 4.78 is 5.11. The molecule has 1 aromatic rings. The standard InChI is InChI=1S/C13H17NO3/c1-10(15)13(16)14(2)8-7-11-5-4-6-12(9-11)17-3/h4-6,9H,7-8H2,1-3H3. The van der Waals surface area contributed by atoms with Gasteiger partial charge in [-0.05, 0) is 24.1 Å². The molecule has 92 valence electrons. The lowest BCUT2D eigenvalue weighted by Crippen LogP contribution is -2.33. The molecule has 1 rings (SSSR count). The van der Waals surface area contributed by atoms with E-state index in [0.29, 0.717) is 13.0 Å². The number of hydrogen-bond donors (Lipinski definition) is 0. The molecule has 0 radical (unpaired) electrons. The van der Waals surface area contributed by atoms with Gasteiger partial charge >= 0.3 is 0 Å². The van der Waals surface area contributed by atoms with Gasteiger partial charge in [0.05, 0.1) is 7.11 Å². The van der Waals surface area contributed by atoms with Crippen molar-refractivity contribution >= 4 is 11.7 Å². The van der Waals surface area contributed by atoms with Crippen LogP contribution < -0.4 is 4.74 Å². The fraction of sp³-hybridized carbons (Fsp3) is 0.385.